The molecule has 140 valence electrons. The van der Waals surface area contributed by atoms with Crippen molar-refractivity contribution in [2.24, 2.45) is 0 Å². The SMILES string of the molecule is CCCOc1ccc(/C=C2/SC(=S)N([C@H](C)C(=O)O)C2=O)cc1OCC. The lowest BCUT2D eigenvalue weighted by Crippen LogP contribution is -2.41. The van der Waals surface area contributed by atoms with Crippen molar-refractivity contribution in [3.8, 4) is 11.5 Å². The van der Waals surface area contributed by atoms with Gasteiger partial charge in [0.2, 0.25) is 0 Å². The zero-order chi connectivity index (χ0) is 19.3. The van der Waals surface area contributed by atoms with Crippen LogP contribution in [0.3, 0.4) is 0 Å². The lowest BCUT2D eigenvalue weighted by molar-refractivity contribution is -0.144. The molecule has 0 aliphatic carbocycles. The molecular weight excluding hydrogens is 374 g/mol. The van der Waals surface area contributed by atoms with Crippen LogP contribution in [0.15, 0.2) is 23.1 Å². The van der Waals surface area contributed by atoms with Gasteiger partial charge in [-0.25, -0.2) is 4.79 Å². The average molecular weight is 396 g/mol. The smallest absolute Gasteiger partial charge is 0.326 e. The third kappa shape index (κ3) is 4.56. The van der Waals surface area contributed by atoms with Crippen molar-refractivity contribution < 1.29 is 24.2 Å². The Bertz CT molecular complexity index is 747. The van der Waals surface area contributed by atoms with E-state index in [2.05, 4.69) is 0 Å². The van der Waals surface area contributed by atoms with Crippen molar-refractivity contribution in [2.75, 3.05) is 13.2 Å². The maximum Gasteiger partial charge on any atom is 0.326 e. The second kappa shape index (κ2) is 9.05. The van der Waals surface area contributed by atoms with Gasteiger partial charge in [-0.1, -0.05) is 37.0 Å². The number of benzene rings is 1. The molecule has 0 spiro atoms. The summed E-state index contributed by atoms with van der Waals surface area (Å²) in [5.74, 6) is -0.250. The molecule has 1 saturated heterocycles. The maximum absolute atomic E-state index is 12.5. The lowest BCUT2D eigenvalue weighted by atomic mass is 10.1. The van der Waals surface area contributed by atoms with E-state index >= 15 is 0 Å². The Kier molecular flexibility index (Phi) is 7.05. The van der Waals surface area contributed by atoms with Crippen molar-refractivity contribution in [1.29, 1.82) is 0 Å². The minimum absolute atomic E-state index is 0.240. The van der Waals surface area contributed by atoms with E-state index in [0.717, 1.165) is 28.6 Å². The van der Waals surface area contributed by atoms with Gasteiger partial charge in [0, 0.05) is 0 Å². The molecule has 0 bridgehead atoms. The molecule has 1 aromatic rings. The molecule has 1 N–H and O–H groups in total. The summed E-state index contributed by atoms with van der Waals surface area (Å²) in [4.78, 5) is 25.2. The number of aliphatic carboxylic acids is 1. The van der Waals surface area contributed by atoms with Gasteiger partial charge in [-0.2, -0.15) is 0 Å². The van der Waals surface area contributed by atoms with Gasteiger partial charge in [-0.3, -0.25) is 9.69 Å². The Morgan fingerprint density at radius 2 is 2.08 bits per heavy atom. The molecule has 26 heavy (non-hydrogen) atoms. The minimum atomic E-state index is -1.10. The highest BCUT2D eigenvalue weighted by atomic mass is 32.2. The largest absolute Gasteiger partial charge is 0.490 e. The van der Waals surface area contributed by atoms with Gasteiger partial charge in [-0.05, 0) is 44.0 Å². The molecule has 8 heteroatoms. The zero-order valence-corrected chi connectivity index (χ0v) is 16.5. The predicted octanol–water partition coefficient (Wildman–Crippen LogP) is 3.55. The fraction of sp³-hybridized carbons (Fsp3) is 0.389. The summed E-state index contributed by atoms with van der Waals surface area (Å²) in [6, 6.07) is 4.41. The van der Waals surface area contributed by atoms with E-state index in [1.807, 2.05) is 19.9 Å². The van der Waals surface area contributed by atoms with Crippen LogP contribution in [0, 0.1) is 0 Å². The molecule has 1 aliphatic rings. The number of rotatable bonds is 8. The maximum atomic E-state index is 12.5. The van der Waals surface area contributed by atoms with Crippen LogP contribution in [-0.4, -0.2) is 45.5 Å². The number of carboxylic acid groups (broad SMARTS) is 1. The number of ether oxygens (including phenoxy) is 2. The normalized spacial score (nSPS) is 16.9. The molecular formula is C18H21NO5S2. The number of nitrogens with zero attached hydrogens (tertiary/aromatic N) is 1. The first-order chi connectivity index (χ1) is 12.4. The summed E-state index contributed by atoms with van der Waals surface area (Å²) >= 11 is 6.25. The lowest BCUT2D eigenvalue weighted by Gasteiger charge is -2.18. The molecule has 0 unspecified atom stereocenters. The second-order valence-corrected chi connectivity index (χ2v) is 7.23. The van der Waals surface area contributed by atoms with E-state index < -0.39 is 17.9 Å². The Morgan fingerprint density at radius 1 is 1.35 bits per heavy atom. The minimum Gasteiger partial charge on any atom is -0.490 e. The highest BCUT2D eigenvalue weighted by molar-refractivity contribution is 8.26. The topological polar surface area (TPSA) is 76.1 Å². The number of amides is 1. The quantitative estimate of drug-likeness (QED) is 0.533. The Hall–Kier alpha value is -2.06. The number of hydrogen-bond donors (Lipinski definition) is 1. The monoisotopic (exact) mass is 395 g/mol. The Balaban J connectivity index is 2.28. The molecule has 1 heterocycles. The number of thiocarbonyl (C=S) groups is 1. The fourth-order valence-corrected chi connectivity index (χ4v) is 3.71. The van der Waals surface area contributed by atoms with Crippen molar-refractivity contribution >= 4 is 46.3 Å². The molecule has 2 rings (SSSR count). The zero-order valence-electron chi connectivity index (χ0n) is 14.9. The van der Waals surface area contributed by atoms with Crippen LogP contribution in [0.2, 0.25) is 0 Å². The highest BCUT2D eigenvalue weighted by Crippen LogP contribution is 2.35. The summed E-state index contributed by atoms with van der Waals surface area (Å²) in [6.45, 7) is 6.42. The van der Waals surface area contributed by atoms with Gasteiger partial charge in [0.15, 0.2) is 11.5 Å². The summed E-state index contributed by atoms with van der Waals surface area (Å²) in [7, 11) is 0. The predicted molar refractivity (Wildman–Crippen MR) is 106 cm³/mol. The molecule has 1 amide bonds. The molecule has 0 radical (unpaired) electrons. The van der Waals surface area contributed by atoms with Crippen molar-refractivity contribution in [3.05, 3.63) is 28.7 Å². The molecule has 0 aromatic heterocycles. The van der Waals surface area contributed by atoms with Gasteiger partial charge in [0.1, 0.15) is 10.4 Å². The first-order valence-corrected chi connectivity index (χ1v) is 9.51. The van der Waals surface area contributed by atoms with Crippen LogP contribution >= 0.6 is 24.0 Å². The van der Waals surface area contributed by atoms with Crippen LogP contribution in [0.4, 0.5) is 0 Å². The van der Waals surface area contributed by atoms with Gasteiger partial charge in [0.05, 0.1) is 18.1 Å². The van der Waals surface area contributed by atoms with Crippen LogP contribution in [-0.2, 0) is 9.59 Å². The molecule has 1 fully saturated rings. The third-order valence-electron chi connectivity index (χ3n) is 3.60. The second-order valence-electron chi connectivity index (χ2n) is 5.55. The first kappa shape index (κ1) is 20.3. The van der Waals surface area contributed by atoms with Crippen LogP contribution in [0.1, 0.15) is 32.8 Å². The summed E-state index contributed by atoms with van der Waals surface area (Å²) < 4.78 is 11.5. The van der Waals surface area contributed by atoms with Crippen molar-refractivity contribution in [2.45, 2.75) is 33.2 Å². The summed E-state index contributed by atoms with van der Waals surface area (Å²) in [5.41, 5.74) is 0.751. The molecule has 1 aliphatic heterocycles. The van der Waals surface area contributed by atoms with E-state index in [0.29, 0.717) is 29.6 Å². The van der Waals surface area contributed by atoms with Crippen molar-refractivity contribution in [3.63, 3.8) is 0 Å². The Labute approximate surface area is 162 Å². The summed E-state index contributed by atoms with van der Waals surface area (Å²) in [6.07, 6.45) is 2.57. The molecule has 0 saturated carbocycles. The first-order valence-electron chi connectivity index (χ1n) is 8.28. The van der Waals surface area contributed by atoms with Gasteiger partial charge in [0.25, 0.3) is 5.91 Å². The average Bonchev–Trinajstić information content (AvgIpc) is 2.87. The van der Waals surface area contributed by atoms with E-state index in [-0.39, 0.29) is 4.32 Å². The van der Waals surface area contributed by atoms with Gasteiger partial charge >= 0.3 is 5.97 Å². The van der Waals surface area contributed by atoms with E-state index in [1.165, 1.54) is 6.92 Å². The molecule has 6 nitrogen and oxygen atoms in total. The van der Waals surface area contributed by atoms with E-state index in [9.17, 15) is 9.59 Å². The van der Waals surface area contributed by atoms with Crippen LogP contribution < -0.4 is 9.47 Å². The highest BCUT2D eigenvalue weighted by Gasteiger charge is 2.38. The van der Waals surface area contributed by atoms with Crippen LogP contribution in [0.5, 0.6) is 11.5 Å². The summed E-state index contributed by atoms with van der Waals surface area (Å²) in [5, 5.41) is 9.14. The number of thioether (sulfide) groups is 1. The van der Waals surface area contributed by atoms with Crippen molar-refractivity contribution in [1.82, 2.24) is 4.90 Å². The number of hydrogen-bond acceptors (Lipinski definition) is 6. The third-order valence-corrected chi connectivity index (χ3v) is 4.93. The van der Waals surface area contributed by atoms with E-state index in [4.69, 9.17) is 26.8 Å². The number of carboxylic acids is 1. The van der Waals surface area contributed by atoms with Crippen LogP contribution in [0.25, 0.3) is 6.08 Å². The van der Waals surface area contributed by atoms with E-state index in [1.54, 1.807) is 18.2 Å². The number of carbonyl (C=O) groups excluding carboxylic acids is 1. The fourth-order valence-electron chi connectivity index (χ4n) is 2.29. The van der Waals surface area contributed by atoms with Gasteiger partial charge in [-0.15, -0.1) is 0 Å². The van der Waals surface area contributed by atoms with Gasteiger partial charge < -0.3 is 14.6 Å². The Morgan fingerprint density at radius 3 is 2.69 bits per heavy atom. The molecule has 1 atom stereocenters. The standard InChI is InChI=1S/C18H21NO5S2/c1-4-8-24-13-7-6-12(9-14(13)23-5-2)10-15-16(20)19(18(25)26-15)11(3)17(21)22/h6-7,9-11H,4-5,8H2,1-3H3,(H,21,22)/b15-10+/t11-/m1/s1. The molecule has 1 aromatic carbocycles. The number of carbonyl (C=O) groups is 2.